The zero-order valence-electron chi connectivity index (χ0n) is 13.8. The molecule has 11 heteroatoms. The molecule has 0 spiro atoms. The number of nitro groups is 2. The topological polar surface area (TPSA) is 130 Å². The number of non-ortho nitro benzene ring substituents is 1. The molecular formula is C16H10N6O4S. The molecule has 0 saturated heterocycles. The van der Waals surface area contributed by atoms with Crippen LogP contribution < -0.4 is 0 Å². The van der Waals surface area contributed by atoms with Crippen LogP contribution in [-0.2, 0) is 7.05 Å². The van der Waals surface area contributed by atoms with Gasteiger partial charge < -0.3 is 4.57 Å². The molecule has 0 atom stereocenters. The summed E-state index contributed by atoms with van der Waals surface area (Å²) in [6.07, 6.45) is 0. The number of hydrogen-bond donors (Lipinski definition) is 0. The van der Waals surface area contributed by atoms with Gasteiger partial charge in [0.05, 0.1) is 26.3 Å². The molecule has 0 aliphatic rings. The molecule has 4 aromatic rings. The molecule has 0 amide bonds. The predicted molar refractivity (Wildman–Crippen MR) is 97.7 cm³/mol. The lowest BCUT2D eigenvalue weighted by Crippen LogP contribution is -1.97. The summed E-state index contributed by atoms with van der Waals surface area (Å²) < 4.78 is 1.87. The lowest BCUT2D eigenvalue weighted by molar-refractivity contribution is -0.396. The fourth-order valence-electron chi connectivity index (χ4n) is 2.78. The van der Waals surface area contributed by atoms with E-state index in [0.717, 1.165) is 28.7 Å². The summed E-state index contributed by atoms with van der Waals surface area (Å²) in [5.74, 6) is 0. The first-order valence-corrected chi connectivity index (χ1v) is 8.46. The van der Waals surface area contributed by atoms with Gasteiger partial charge in [0.2, 0.25) is 5.16 Å². The molecule has 0 aliphatic heterocycles. The van der Waals surface area contributed by atoms with E-state index in [9.17, 15) is 20.2 Å². The van der Waals surface area contributed by atoms with Crippen LogP contribution in [0, 0.1) is 20.2 Å². The second-order valence-corrected chi connectivity index (χ2v) is 6.62. The Morgan fingerprint density at radius 1 is 1.04 bits per heavy atom. The summed E-state index contributed by atoms with van der Waals surface area (Å²) in [6, 6.07) is 11.1. The fourth-order valence-corrected chi connectivity index (χ4v) is 3.57. The molecule has 2 aromatic carbocycles. The van der Waals surface area contributed by atoms with E-state index in [-0.39, 0.29) is 21.4 Å². The molecule has 2 aromatic heterocycles. The Bertz CT molecular complexity index is 1240. The van der Waals surface area contributed by atoms with Crippen LogP contribution in [0.2, 0.25) is 0 Å². The SMILES string of the molecule is Cn1c2ccccc2c2nnc(Sc3ccc([N+](=O)[O-])cc3[N+](=O)[O-])nc21. The van der Waals surface area contributed by atoms with E-state index in [1.807, 2.05) is 35.9 Å². The number of aromatic nitrogens is 4. The molecule has 4 rings (SSSR count). The van der Waals surface area contributed by atoms with Crippen LogP contribution in [0.4, 0.5) is 11.4 Å². The van der Waals surface area contributed by atoms with Crippen molar-refractivity contribution in [3.63, 3.8) is 0 Å². The van der Waals surface area contributed by atoms with Crippen molar-refractivity contribution in [1.29, 1.82) is 0 Å². The van der Waals surface area contributed by atoms with E-state index in [1.165, 1.54) is 12.1 Å². The van der Waals surface area contributed by atoms with Gasteiger partial charge in [-0.3, -0.25) is 20.2 Å². The number of fused-ring (bicyclic) bond motifs is 3. The van der Waals surface area contributed by atoms with Crippen molar-refractivity contribution in [3.05, 3.63) is 62.7 Å². The minimum atomic E-state index is -0.679. The highest BCUT2D eigenvalue weighted by molar-refractivity contribution is 7.99. The Morgan fingerprint density at radius 2 is 1.81 bits per heavy atom. The van der Waals surface area contributed by atoms with Crippen LogP contribution in [0.5, 0.6) is 0 Å². The Labute approximate surface area is 155 Å². The first kappa shape index (κ1) is 16.8. The third kappa shape index (κ3) is 2.83. The van der Waals surface area contributed by atoms with Crippen molar-refractivity contribution in [2.45, 2.75) is 10.1 Å². The molecule has 2 heterocycles. The second kappa shape index (κ2) is 6.29. The van der Waals surface area contributed by atoms with E-state index in [4.69, 9.17) is 0 Å². The Morgan fingerprint density at radius 3 is 2.56 bits per heavy atom. The summed E-state index contributed by atoms with van der Waals surface area (Å²) >= 11 is 0.934. The summed E-state index contributed by atoms with van der Waals surface area (Å²) in [5.41, 5.74) is 1.44. The van der Waals surface area contributed by atoms with Crippen molar-refractivity contribution in [1.82, 2.24) is 19.7 Å². The van der Waals surface area contributed by atoms with Crippen molar-refractivity contribution >= 4 is 45.2 Å². The largest absolute Gasteiger partial charge is 0.327 e. The van der Waals surface area contributed by atoms with Gasteiger partial charge in [-0.1, -0.05) is 18.2 Å². The highest BCUT2D eigenvalue weighted by atomic mass is 32.2. The normalized spacial score (nSPS) is 11.1. The highest BCUT2D eigenvalue weighted by Crippen LogP contribution is 2.36. The Balaban J connectivity index is 1.80. The monoisotopic (exact) mass is 382 g/mol. The van der Waals surface area contributed by atoms with Crippen molar-refractivity contribution < 1.29 is 9.85 Å². The lowest BCUT2D eigenvalue weighted by Gasteiger charge is -2.02. The van der Waals surface area contributed by atoms with Crippen LogP contribution in [0.3, 0.4) is 0 Å². The van der Waals surface area contributed by atoms with Crippen LogP contribution in [0.15, 0.2) is 52.5 Å². The smallest absolute Gasteiger partial charge is 0.290 e. The maximum Gasteiger partial charge on any atom is 0.290 e. The van der Waals surface area contributed by atoms with Crippen LogP contribution in [-0.4, -0.2) is 29.6 Å². The predicted octanol–water partition coefficient (Wildman–Crippen LogP) is 3.48. The molecule has 0 saturated carbocycles. The summed E-state index contributed by atoms with van der Waals surface area (Å²) in [5, 5.41) is 31.5. The summed E-state index contributed by atoms with van der Waals surface area (Å²) in [7, 11) is 1.85. The number of hydrogen-bond acceptors (Lipinski definition) is 8. The van der Waals surface area contributed by atoms with Gasteiger partial charge in [-0.2, -0.15) is 0 Å². The van der Waals surface area contributed by atoms with Crippen molar-refractivity contribution in [2.24, 2.45) is 7.05 Å². The number of rotatable bonds is 4. The van der Waals surface area contributed by atoms with E-state index < -0.39 is 9.85 Å². The zero-order valence-corrected chi connectivity index (χ0v) is 14.6. The van der Waals surface area contributed by atoms with Gasteiger partial charge in [0, 0.05) is 18.5 Å². The number of nitrogens with zero attached hydrogens (tertiary/aromatic N) is 6. The zero-order chi connectivity index (χ0) is 19.1. The molecular weight excluding hydrogens is 372 g/mol. The molecule has 0 unspecified atom stereocenters. The third-order valence-corrected chi connectivity index (χ3v) is 4.96. The molecule has 27 heavy (non-hydrogen) atoms. The van der Waals surface area contributed by atoms with E-state index in [2.05, 4.69) is 15.2 Å². The van der Waals surface area contributed by atoms with Gasteiger partial charge in [0.1, 0.15) is 5.52 Å². The average Bonchev–Trinajstić information content (AvgIpc) is 2.94. The van der Waals surface area contributed by atoms with E-state index >= 15 is 0 Å². The molecule has 0 radical (unpaired) electrons. The van der Waals surface area contributed by atoms with Gasteiger partial charge in [0.15, 0.2) is 5.65 Å². The fraction of sp³-hybridized carbons (Fsp3) is 0.0625. The standard InChI is InChI=1S/C16H10N6O4S/c1-20-11-5-3-2-4-10(11)14-15(20)17-16(19-18-14)27-13-7-6-9(21(23)24)8-12(13)22(25)26/h2-8H,1H3. The van der Waals surface area contributed by atoms with Crippen LogP contribution >= 0.6 is 11.8 Å². The summed E-state index contributed by atoms with van der Waals surface area (Å²) in [6.45, 7) is 0. The van der Waals surface area contributed by atoms with Crippen LogP contribution in [0.1, 0.15) is 0 Å². The molecule has 10 nitrogen and oxygen atoms in total. The second-order valence-electron chi connectivity index (χ2n) is 5.61. The van der Waals surface area contributed by atoms with Gasteiger partial charge in [-0.15, -0.1) is 10.2 Å². The minimum Gasteiger partial charge on any atom is -0.327 e. The number of aryl methyl sites for hydroxylation is 1. The first-order valence-electron chi connectivity index (χ1n) is 7.64. The number of nitro benzene ring substituents is 2. The van der Waals surface area contributed by atoms with E-state index in [1.54, 1.807) is 0 Å². The first-order chi connectivity index (χ1) is 13.0. The van der Waals surface area contributed by atoms with Crippen LogP contribution in [0.25, 0.3) is 22.1 Å². The molecule has 0 N–H and O–H groups in total. The minimum absolute atomic E-state index is 0.200. The van der Waals surface area contributed by atoms with Gasteiger partial charge in [0.25, 0.3) is 11.4 Å². The molecule has 0 fully saturated rings. The van der Waals surface area contributed by atoms with Gasteiger partial charge >= 0.3 is 0 Å². The summed E-state index contributed by atoms with van der Waals surface area (Å²) in [4.78, 5) is 25.4. The number of benzene rings is 2. The molecule has 134 valence electrons. The lowest BCUT2D eigenvalue weighted by atomic mass is 10.2. The third-order valence-electron chi connectivity index (χ3n) is 4.04. The van der Waals surface area contributed by atoms with Gasteiger partial charge in [-0.25, -0.2) is 4.98 Å². The number of para-hydroxylation sites is 1. The molecule has 0 aliphatic carbocycles. The maximum atomic E-state index is 11.3. The van der Waals surface area contributed by atoms with Crippen molar-refractivity contribution in [3.8, 4) is 0 Å². The maximum absolute atomic E-state index is 11.3. The van der Waals surface area contributed by atoms with Gasteiger partial charge in [-0.05, 0) is 23.9 Å². The molecule has 0 bridgehead atoms. The average molecular weight is 382 g/mol. The van der Waals surface area contributed by atoms with E-state index in [0.29, 0.717) is 11.2 Å². The Kier molecular flexibility index (Phi) is 3.92. The Hall–Kier alpha value is -3.60. The van der Waals surface area contributed by atoms with Crippen molar-refractivity contribution in [2.75, 3.05) is 0 Å². The quantitative estimate of drug-likeness (QED) is 0.387. The highest BCUT2D eigenvalue weighted by Gasteiger charge is 2.22.